The first kappa shape index (κ1) is 41.0. The van der Waals surface area contributed by atoms with E-state index in [2.05, 4.69) is 48.9 Å². The van der Waals surface area contributed by atoms with Crippen LogP contribution in [0.1, 0.15) is 174 Å². The summed E-state index contributed by atoms with van der Waals surface area (Å²) >= 11 is 0. The van der Waals surface area contributed by atoms with Gasteiger partial charge in [0.1, 0.15) is 0 Å². The molecule has 6 heteroatoms. The van der Waals surface area contributed by atoms with Gasteiger partial charge in [-0.25, -0.2) is 0 Å². The average Bonchev–Trinajstić information content (AvgIpc) is 3.05. The smallest absolute Gasteiger partial charge is 0.220 e. The van der Waals surface area contributed by atoms with Crippen LogP contribution in [-0.2, 0) is 9.63 Å². The number of rotatable bonds is 30. The molecule has 6 N–H and O–H groups in total. The van der Waals surface area contributed by atoms with Crippen molar-refractivity contribution in [2.24, 2.45) is 35.1 Å². The van der Waals surface area contributed by atoms with E-state index in [-0.39, 0.29) is 12.6 Å². The highest BCUT2D eigenvalue weighted by molar-refractivity contribution is 5.75. The number of nitrogens with two attached hydrogens (primary N) is 2. The van der Waals surface area contributed by atoms with E-state index in [4.69, 9.17) is 16.3 Å². The van der Waals surface area contributed by atoms with Crippen LogP contribution >= 0.6 is 0 Å². The highest BCUT2D eigenvalue weighted by Crippen LogP contribution is 2.44. The number of unbranched alkanes of at least 4 members (excludes halogenated alkanes) is 14. The van der Waals surface area contributed by atoms with Gasteiger partial charge in [-0.3, -0.25) is 9.63 Å². The molecule has 0 aromatic carbocycles. The number of hydroxylamine groups is 1. The van der Waals surface area contributed by atoms with Gasteiger partial charge in [-0.05, 0) is 88.0 Å². The summed E-state index contributed by atoms with van der Waals surface area (Å²) in [7, 11) is 0. The van der Waals surface area contributed by atoms with Crippen LogP contribution in [0.2, 0.25) is 0 Å². The fourth-order valence-corrected chi connectivity index (χ4v) is 7.89. The van der Waals surface area contributed by atoms with Crippen molar-refractivity contribution in [3.8, 4) is 0 Å². The largest absolute Gasteiger partial charge is 0.344 e. The van der Waals surface area contributed by atoms with Gasteiger partial charge in [0.25, 0.3) is 0 Å². The van der Waals surface area contributed by atoms with Crippen molar-refractivity contribution in [3.05, 3.63) is 24.3 Å². The topological polar surface area (TPSA) is 102 Å². The number of hydrogen-bond donors (Lipinski definition) is 4. The van der Waals surface area contributed by atoms with E-state index in [0.717, 1.165) is 49.5 Å². The molecule has 0 aromatic heterocycles. The van der Waals surface area contributed by atoms with Crippen LogP contribution in [-0.4, -0.2) is 31.3 Å². The normalized spacial score (nSPS) is 24.4. The zero-order valence-corrected chi connectivity index (χ0v) is 30.3. The average molecular weight is 645 g/mol. The number of nitrogens with one attached hydrogen (secondary N) is 2. The summed E-state index contributed by atoms with van der Waals surface area (Å²) in [5.41, 5.74) is 14.2. The monoisotopic (exact) mass is 645 g/mol. The van der Waals surface area contributed by atoms with E-state index < -0.39 is 0 Å². The number of carbonyl (C=O) groups is 1. The number of hydrogen-bond acceptors (Lipinski definition) is 5. The second-order valence-corrected chi connectivity index (χ2v) is 14.5. The molecule has 0 spiro atoms. The van der Waals surface area contributed by atoms with Crippen molar-refractivity contribution >= 4 is 5.91 Å². The molecule has 1 aliphatic carbocycles. The Morgan fingerprint density at radius 1 is 0.696 bits per heavy atom. The highest BCUT2D eigenvalue weighted by atomic mass is 16.7. The van der Waals surface area contributed by atoms with Crippen molar-refractivity contribution in [2.45, 2.75) is 187 Å². The molecule has 6 nitrogen and oxygen atoms in total. The second kappa shape index (κ2) is 27.7. The highest BCUT2D eigenvalue weighted by Gasteiger charge is 2.34. The van der Waals surface area contributed by atoms with Crippen LogP contribution in [0.15, 0.2) is 24.3 Å². The fourth-order valence-electron chi connectivity index (χ4n) is 7.89. The van der Waals surface area contributed by atoms with Gasteiger partial charge in [0.2, 0.25) is 5.91 Å². The second-order valence-electron chi connectivity index (χ2n) is 14.5. The molecule has 1 fully saturated rings. The van der Waals surface area contributed by atoms with Crippen LogP contribution in [0.4, 0.5) is 0 Å². The van der Waals surface area contributed by atoms with E-state index in [1.54, 1.807) is 0 Å². The summed E-state index contributed by atoms with van der Waals surface area (Å²) in [6.45, 7) is 5.60. The van der Waals surface area contributed by atoms with Gasteiger partial charge in [-0.2, -0.15) is 5.48 Å². The molecule has 1 aliphatic heterocycles. The first-order chi connectivity index (χ1) is 22.6. The van der Waals surface area contributed by atoms with Gasteiger partial charge in [0.05, 0.1) is 18.8 Å². The maximum atomic E-state index is 11.7. The molecule has 0 radical (unpaired) electrons. The minimum absolute atomic E-state index is 0.0933. The van der Waals surface area contributed by atoms with Crippen LogP contribution < -0.4 is 22.3 Å². The summed E-state index contributed by atoms with van der Waals surface area (Å²) in [6.07, 6.45) is 42.2. The van der Waals surface area contributed by atoms with Crippen molar-refractivity contribution in [1.82, 2.24) is 10.8 Å². The standard InChI is InChI=1S/C40H76N4O2/c1-3-5-7-9-13-19-25-36-34(23-17-8-6-4-2)29-30-35(37(36)26-20-14-11-16-22-28-40(45)43-33-42)24-18-12-10-15-21-27-39-38(31-32-41)44-46-39/h13,19,29-30,34-39,44H,3-12,14-18,20-28,31-33,41-42H2,1-2H3,(H,43,45). The zero-order chi connectivity index (χ0) is 33.1. The number of carbonyl (C=O) groups excluding carboxylic acids is 1. The third-order valence-electron chi connectivity index (χ3n) is 10.8. The Balaban J connectivity index is 1.90. The molecule has 1 amide bonds. The Hall–Kier alpha value is -1.21. The lowest BCUT2D eigenvalue weighted by molar-refractivity contribution is -0.173. The molecule has 46 heavy (non-hydrogen) atoms. The van der Waals surface area contributed by atoms with Crippen molar-refractivity contribution in [3.63, 3.8) is 0 Å². The molecule has 2 aliphatic rings. The van der Waals surface area contributed by atoms with E-state index >= 15 is 0 Å². The van der Waals surface area contributed by atoms with Gasteiger partial charge in [-0.1, -0.05) is 134 Å². The van der Waals surface area contributed by atoms with Crippen LogP contribution in [0.5, 0.6) is 0 Å². The predicted molar refractivity (Wildman–Crippen MR) is 197 cm³/mol. The van der Waals surface area contributed by atoms with Crippen molar-refractivity contribution in [1.29, 1.82) is 0 Å². The maximum Gasteiger partial charge on any atom is 0.220 e. The third-order valence-corrected chi connectivity index (χ3v) is 10.8. The van der Waals surface area contributed by atoms with Crippen LogP contribution in [0.25, 0.3) is 0 Å². The Morgan fingerprint density at radius 3 is 1.91 bits per heavy atom. The Morgan fingerprint density at radius 2 is 1.28 bits per heavy atom. The SMILES string of the molecule is CCCCCC=CCC1C(CCCCCC)C=CC(CCCCCCCC2ONC2CCN)C1CCCCCCCC(=O)NCN. The minimum atomic E-state index is 0.0933. The van der Waals surface area contributed by atoms with Crippen molar-refractivity contribution in [2.75, 3.05) is 13.2 Å². The third kappa shape index (κ3) is 17.8. The van der Waals surface area contributed by atoms with Crippen molar-refractivity contribution < 1.29 is 9.63 Å². The summed E-state index contributed by atoms with van der Waals surface area (Å²) < 4.78 is 0. The molecule has 0 saturated carbocycles. The first-order valence-corrected chi connectivity index (χ1v) is 20.1. The number of amides is 1. The van der Waals surface area contributed by atoms with E-state index in [0.29, 0.717) is 18.6 Å². The lowest BCUT2D eigenvalue weighted by Gasteiger charge is -2.40. The minimum Gasteiger partial charge on any atom is -0.344 e. The molecular weight excluding hydrogens is 568 g/mol. The van der Waals surface area contributed by atoms with Crippen LogP contribution in [0.3, 0.4) is 0 Å². The summed E-state index contributed by atoms with van der Waals surface area (Å²) in [4.78, 5) is 17.3. The first-order valence-electron chi connectivity index (χ1n) is 20.1. The molecule has 268 valence electrons. The maximum absolute atomic E-state index is 11.7. The molecule has 1 saturated heterocycles. The molecule has 0 aromatic rings. The molecule has 0 bridgehead atoms. The van der Waals surface area contributed by atoms with Gasteiger partial charge >= 0.3 is 0 Å². The lowest BCUT2D eigenvalue weighted by Crippen LogP contribution is -2.55. The lowest BCUT2D eigenvalue weighted by atomic mass is 9.65. The summed E-state index contributed by atoms with van der Waals surface area (Å²) in [6, 6.07) is 0.470. The molecule has 2 rings (SSSR count). The van der Waals surface area contributed by atoms with Gasteiger partial charge < -0.3 is 16.8 Å². The summed E-state index contributed by atoms with van der Waals surface area (Å²) in [5.74, 6) is 3.16. The summed E-state index contributed by atoms with van der Waals surface area (Å²) in [5, 5.41) is 2.72. The molecule has 1 heterocycles. The number of allylic oxidation sites excluding steroid dienone is 4. The van der Waals surface area contributed by atoms with Gasteiger partial charge in [0, 0.05) is 6.42 Å². The zero-order valence-electron chi connectivity index (χ0n) is 30.3. The molecule has 6 atom stereocenters. The van der Waals surface area contributed by atoms with Crippen LogP contribution in [0, 0.1) is 23.7 Å². The Bertz CT molecular complexity index is 787. The predicted octanol–water partition coefficient (Wildman–Crippen LogP) is 9.63. The Kier molecular flexibility index (Phi) is 24.7. The van der Waals surface area contributed by atoms with Gasteiger partial charge in [-0.15, -0.1) is 0 Å². The Labute approximate surface area is 285 Å². The van der Waals surface area contributed by atoms with E-state index in [9.17, 15) is 4.79 Å². The quantitative estimate of drug-likeness (QED) is 0.0354. The molecule has 6 unspecified atom stereocenters. The van der Waals surface area contributed by atoms with Gasteiger partial charge in [0.15, 0.2) is 0 Å². The molecular formula is C40H76N4O2. The van der Waals surface area contributed by atoms with E-state index in [1.807, 2.05) is 0 Å². The van der Waals surface area contributed by atoms with E-state index in [1.165, 1.54) is 135 Å². The fraction of sp³-hybridized carbons (Fsp3) is 0.875.